The van der Waals surface area contributed by atoms with Gasteiger partial charge in [0.25, 0.3) is 5.91 Å². The van der Waals surface area contributed by atoms with Crippen LogP contribution in [-0.2, 0) is 9.59 Å². The predicted molar refractivity (Wildman–Crippen MR) is 116 cm³/mol. The molecule has 2 rings (SSSR count). The Bertz CT molecular complexity index is 697. The molecule has 0 spiro atoms. The van der Waals surface area contributed by atoms with E-state index in [0.717, 1.165) is 24.8 Å². The van der Waals surface area contributed by atoms with Crippen LogP contribution in [0.2, 0.25) is 0 Å². The monoisotopic (exact) mass is 425 g/mol. The number of hydrogen-bond acceptors (Lipinski definition) is 5. The number of allylic oxidation sites excluding steroid dienone is 1. The molecule has 0 saturated carbocycles. The summed E-state index contributed by atoms with van der Waals surface area (Å²) in [5.41, 5.74) is 6.40. The first kappa shape index (κ1) is 24.8. The van der Waals surface area contributed by atoms with E-state index in [0.29, 0.717) is 37.6 Å². The van der Waals surface area contributed by atoms with Crippen LogP contribution in [0, 0.1) is 0 Å². The van der Waals surface area contributed by atoms with Gasteiger partial charge in [0.2, 0.25) is 5.91 Å². The predicted octanol–water partition coefficient (Wildman–Crippen LogP) is 2.38. The lowest BCUT2D eigenvalue weighted by Gasteiger charge is -2.35. The Labute approximate surface area is 179 Å². The molecule has 1 fully saturated rings. The molecule has 1 aliphatic rings. The summed E-state index contributed by atoms with van der Waals surface area (Å²) in [5.74, 6) is 0.960. The number of nitrogens with zero attached hydrogens (tertiary/aromatic N) is 1. The Balaban J connectivity index is 0.00000420. The van der Waals surface area contributed by atoms with Crippen LogP contribution in [-0.4, -0.2) is 56.1 Å². The minimum atomic E-state index is -0.0858. The molecule has 1 aromatic carbocycles. The first-order chi connectivity index (χ1) is 13.6. The second-order valence-corrected chi connectivity index (χ2v) is 6.78. The molecule has 29 heavy (non-hydrogen) atoms. The van der Waals surface area contributed by atoms with Crippen molar-refractivity contribution < 1.29 is 19.1 Å². The first-order valence-electron chi connectivity index (χ1n) is 9.78. The molecule has 0 radical (unpaired) electrons. The summed E-state index contributed by atoms with van der Waals surface area (Å²) in [5, 5.41) is 2.87. The second kappa shape index (κ2) is 13.1. The van der Waals surface area contributed by atoms with Crippen LogP contribution in [0.4, 0.5) is 0 Å². The molecule has 0 aromatic heterocycles. The molecule has 2 amide bonds. The van der Waals surface area contributed by atoms with Crippen LogP contribution >= 0.6 is 12.4 Å². The van der Waals surface area contributed by atoms with E-state index in [1.54, 1.807) is 7.11 Å². The van der Waals surface area contributed by atoms with Crippen molar-refractivity contribution in [2.24, 2.45) is 5.73 Å². The topological polar surface area (TPSA) is 93.9 Å². The van der Waals surface area contributed by atoms with Crippen molar-refractivity contribution in [2.45, 2.75) is 38.6 Å². The molecule has 0 aliphatic carbocycles. The Hall–Kier alpha value is -2.25. The Morgan fingerprint density at radius 2 is 2.10 bits per heavy atom. The van der Waals surface area contributed by atoms with Crippen molar-refractivity contribution in [1.29, 1.82) is 0 Å². The highest BCUT2D eigenvalue weighted by atomic mass is 35.5. The number of nitrogens with two attached hydrogens (primary N) is 1. The molecule has 1 unspecified atom stereocenters. The molecule has 1 aromatic rings. The van der Waals surface area contributed by atoms with E-state index in [9.17, 15) is 9.59 Å². The van der Waals surface area contributed by atoms with Crippen LogP contribution in [0.3, 0.4) is 0 Å². The second-order valence-electron chi connectivity index (χ2n) is 6.78. The molecule has 1 aliphatic heterocycles. The number of halogens is 1. The molecule has 1 saturated heterocycles. The van der Waals surface area contributed by atoms with Gasteiger partial charge in [0, 0.05) is 32.1 Å². The molecular weight excluding hydrogens is 394 g/mol. The van der Waals surface area contributed by atoms with Crippen molar-refractivity contribution in [2.75, 3.05) is 33.4 Å². The molecule has 0 bridgehead atoms. The lowest BCUT2D eigenvalue weighted by Crippen LogP contribution is -2.50. The highest BCUT2D eigenvalue weighted by Crippen LogP contribution is 2.29. The molecule has 1 atom stereocenters. The van der Waals surface area contributed by atoms with Crippen molar-refractivity contribution in [3.63, 3.8) is 0 Å². The van der Waals surface area contributed by atoms with Crippen LogP contribution < -0.4 is 20.5 Å². The summed E-state index contributed by atoms with van der Waals surface area (Å²) in [6.07, 6.45) is 7.09. The van der Waals surface area contributed by atoms with E-state index >= 15 is 0 Å². The zero-order valence-electron chi connectivity index (χ0n) is 17.2. The number of piperidine rings is 1. The third-order valence-corrected chi connectivity index (χ3v) is 4.75. The Morgan fingerprint density at radius 1 is 1.31 bits per heavy atom. The summed E-state index contributed by atoms with van der Waals surface area (Å²) < 4.78 is 11.1. The van der Waals surface area contributed by atoms with Crippen molar-refractivity contribution >= 4 is 30.3 Å². The van der Waals surface area contributed by atoms with E-state index in [4.69, 9.17) is 15.2 Å². The molecule has 8 heteroatoms. The number of nitrogens with one attached hydrogen (secondary N) is 1. The zero-order chi connectivity index (χ0) is 20.4. The number of hydrogen-bond donors (Lipinski definition) is 2. The van der Waals surface area contributed by atoms with E-state index in [1.165, 1.54) is 0 Å². The fraction of sp³-hybridized carbons (Fsp3) is 0.524. The standard InChI is InChI=1S/C21H31N3O4.ClH/c1-3-6-16-8-9-18(19(13-16)27-2)28-15-21(26)24-12-5-4-7-17(24)14-23-20(25)10-11-22;/h3,6,8-9,13,17H,4-5,7,10-12,14-15,22H2,1-2H3,(H,23,25);1H/b6-3+;. The Kier molecular flexibility index (Phi) is 11.2. The number of carbonyl (C=O) groups excluding carboxylic acids is 2. The number of rotatable bonds is 9. The maximum atomic E-state index is 12.7. The smallest absolute Gasteiger partial charge is 0.260 e. The van der Waals surface area contributed by atoms with Crippen molar-refractivity contribution in [1.82, 2.24) is 10.2 Å². The zero-order valence-corrected chi connectivity index (χ0v) is 18.0. The van der Waals surface area contributed by atoms with Gasteiger partial charge in [-0.15, -0.1) is 12.4 Å². The van der Waals surface area contributed by atoms with Gasteiger partial charge in [-0.1, -0.05) is 18.2 Å². The quantitative estimate of drug-likeness (QED) is 0.633. The highest BCUT2D eigenvalue weighted by Gasteiger charge is 2.27. The van der Waals surface area contributed by atoms with E-state index in [1.807, 2.05) is 42.2 Å². The first-order valence-corrected chi connectivity index (χ1v) is 9.78. The van der Waals surface area contributed by atoms with Gasteiger partial charge in [-0.2, -0.15) is 0 Å². The summed E-state index contributed by atoms with van der Waals surface area (Å²) in [6.45, 7) is 3.33. The third kappa shape index (κ3) is 7.59. The minimum absolute atomic E-state index is 0. The van der Waals surface area contributed by atoms with Gasteiger partial charge in [-0.05, 0) is 43.9 Å². The maximum Gasteiger partial charge on any atom is 0.260 e. The number of likely N-dealkylation sites (tertiary alicyclic amines) is 1. The fourth-order valence-electron chi connectivity index (χ4n) is 3.31. The molecule has 7 nitrogen and oxygen atoms in total. The van der Waals surface area contributed by atoms with Gasteiger partial charge < -0.3 is 25.4 Å². The number of ether oxygens (including phenoxy) is 2. The highest BCUT2D eigenvalue weighted by molar-refractivity contribution is 5.85. The van der Waals surface area contributed by atoms with Crippen molar-refractivity contribution in [3.05, 3.63) is 29.8 Å². The van der Waals surface area contributed by atoms with Crippen LogP contribution in [0.25, 0.3) is 6.08 Å². The lowest BCUT2D eigenvalue weighted by molar-refractivity contribution is -0.137. The average Bonchev–Trinajstić information content (AvgIpc) is 2.71. The number of benzene rings is 1. The third-order valence-electron chi connectivity index (χ3n) is 4.75. The summed E-state index contributed by atoms with van der Waals surface area (Å²) >= 11 is 0. The van der Waals surface area contributed by atoms with Crippen LogP contribution in [0.1, 0.15) is 38.2 Å². The van der Waals surface area contributed by atoms with E-state index in [-0.39, 0.29) is 36.9 Å². The fourth-order valence-corrected chi connectivity index (χ4v) is 3.31. The molecular formula is C21H32ClN3O4. The average molecular weight is 426 g/mol. The van der Waals surface area contributed by atoms with E-state index in [2.05, 4.69) is 5.32 Å². The van der Waals surface area contributed by atoms with Gasteiger partial charge in [-0.3, -0.25) is 9.59 Å². The largest absolute Gasteiger partial charge is 0.493 e. The molecule has 1 heterocycles. The van der Waals surface area contributed by atoms with Gasteiger partial charge in [0.05, 0.1) is 7.11 Å². The lowest BCUT2D eigenvalue weighted by atomic mass is 10.0. The van der Waals surface area contributed by atoms with E-state index < -0.39 is 0 Å². The SMILES string of the molecule is C/C=C/c1ccc(OCC(=O)N2CCCCC2CNC(=O)CCN)c(OC)c1.Cl. The van der Waals surface area contributed by atoms with Gasteiger partial charge in [0.15, 0.2) is 18.1 Å². The van der Waals surface area contributed by atoms with Gasteiger partial charge in [-0.25, -0.2) is 0 Å². The van der Waals surface area contributed by atoms with Gasteiger partial charge in [0.1, 0.15) is 0 Å². The Morgan fingerprint density at radius 3 is 2.79 bits per heavy atom. The summed E-state index contributed by atoms with van der Waals surface area (Å²) in [4.78, 5) is 26.2. The molecule has 3 N–H and O–H groups in total. The summed E-state index contributed by atoms with van der Waals surface area (Å²) in [7, 11) is 1.58. The molecule has 162 valence electrons. The number of carbonyl (C=O) groups is 2. The van der Waals surface area contributed by atoms with Gasteiger partial charge >= 0.3 is 0 Å². The minimum Gasteiger partial charge on any atom is -0.493 e. The normalized spacial score (nSPS) is 16.2. The van der Waals surface area contributed by atoms with Crippen LogP contribution in [0.15, 0.2) is 24.3 Å². The van der Waals surface area contributed by atoms with Crippen LogP contribution in [0.5, 0.6) is 11.5 Å². The maximum absolute atomic E-state index is 12.7. The number of methoxy groups -OCH3 is 1. The number of amides is 2. The van der Waals surface area contributed by atoms with Crippen molar-refractivity contribution in [3.8, 4) is 11.5 Å². The summed E-state index contributed by atoms with van der Waals surface area (Å²) in [6, 6.07) is 5.59.